The van der Waals surface area contributed by atoms with Crippen LogP contribution in [0, 0.1) is 5.92 Å². The van der Waals surface area contributed by atoms with E-state index in [4.69, 9.17) is 0 Å². The van der Waals surface area contributed by atoms with Crippen LogP contribution in [-0.2, 0) is 14.3 Å². The van der Waals surface area contributed by atoms with E-state index in [2.05, 4.69) is 4.74 Å². The highest BCUT2D eigenvalue weighted by Crippen LogP contribution is 2.15. The molecule has 0 aliphatic carbocycles. The largest absolute Gasteiger partial charge is 0.393 e. The standard InChI is InChI=1S/C7H10O3/c1-5-2-3-6(8)10-7(9)4-5/h5H,2-4H2,1H3. The summed E-state index contributed by atoms with van der Waals surface area (Å²) in [6, 6.07) is 0. The van der Waals surface area contributed by atoms with Gasteiger partial charge in [0.05, 0.1) is 0 Å². The molecule has 1 aliphatic heterocycles. The van der Waals surface area contributed by atoms with Gasteiger partial charge in [0, 0.05) is 12.8 Å². The van der Waals surface area contributed by atoms with E-state index in [9.17, 15) is 9.59 Å². The van der Waals surface area contributed by atoms with Gasteiger partial charge in [-0.15, -0.1) is 0 Å². The summed E-state index contributed by atoms with van der Waals surface area (Å²) >= 11 is 0. The van der Waals surface area contributed by atoms with Gasteiger partial charge in [-0.25, -0.2) is 0 Å². The minimum absolute atomic E-state index is 0.291. The summed E-state index contributed by atoms with van der Waals surface area (Å²) in [7, 11) is 0. The van der Waals surface area contributed by atoms with Crippen LogP contribution in [0.25, 0.3) is 0 Å². The Bertz CT molecular complexity index is 162. The molecule has 0 N–H and O–H groups in total. The minimum Gasteiger partial charge on any atom is -0.393 e. The minimum atomic E-state index is -0.380. The summed E-state index contributed by atoms with van der Waals surface area (Å²) in [5, 5.41) is 0. The third-order valence-corrected chi connectivity index (χ3v) is 1.58. The number of carbonyl (C=O) groups excluding carboxylic acids is 2. The average Bonchev–Trinajstić information content (AvgIpc) is 1.93. The van der Waals surface area contributed by atoms with Gasteiger partial charge in [0.2, 0.25) is 0 Å². The van der Waals surface area contributed by atoms with Crippen LogP contribution in [0.1, 0.15) is 26.2 Å². The topological polar surface area (TPSA) is 43.4 Å². The zero-order valence-corrected chi connectivity index (χ0v) is 5.92. The lowest BCUT2D eigenvalue weighted by molar-refractivity contribution is -0.158. The third kappa shape index (κ3) is 1.83. The summed E-state index contributed by atoms with van der Waals surface area (Å²) in [6.07, 6.45) is 1.53. The van der Waals surface area contributed by atoms with Crippen molar-refractivity contribution in [1.29, 1.82) is 0 Å². The molecule has 0 spiro atoms. The maximum absolute atomic E-state index is 10.7. The fraction of sp³-hybridized carbons (Fsp3) is 0.714. The van der Waals surface area contributed by atoms with Crippen molar-refractivity contribution in [3.05, 3.63) is 0 Å². The van der Waals surface area contributed by atoms with Gasteiger partial charge in [-0.05, 0) is 12.3 Å². The first-order valence-electron chi connectivity index (χ1n) is 3.42. The van der Waals surface area contributed by atoms with Crippen molar-refractivity contribution in [2.75, 3.05) is 0 Å². The maximum atomic E-state index is 10.7. The Morgan fingerprint density at radius 3 is 2.80 bits per heavy atom. The van der Waals surface area contributed by atoms with E-state index < -0.39 is 0 Å². The van der Waals surface area contributed by atoms with Gasteiger partial charge in [0.25, 0.3) is 0 Å². The zero-order valence-electron chi connectivity index (χ0n) is 5.92. The van der Waals surface area contributed by atoms with Crippen LogP contribution in [-0.4, -0.2) is 11.9 Å². The second-order valence-corrected chi connectivity index (χ2v) is 2.69. The quantitative estimate of drug-likeness (QED) is 0.372. The van der Waals surface area contributed by atoms with E-state index >= 15 is 0 Å². The molecule has 3 heteroatoms. The molecule has 1 atom stereocenters. The molecule has 0 amide bonds. The van der Waals surface area contributed by atoms with Crippen LogP contribution < -0.4 is 0 Å². The molecular weight excluding hydrogens is 132 g/mol. The molecule has 1 saturated heterocycles. The van der Waals surface area contributed by atoms with Gasteiger partial charge in [0.1, 0.15) is 0 Å². The lowest BCUT2D eigenvalue weighted by Crippen LogP contribution is -2.08. The SMILES string of the molecule is CC1CCC(=O)OC(=O)C1. The van der Waals surface area contributed by atoms with E-state index in [0.29, 0.717) is 18.8 Å². The zero-order chi connectivity index (χ0) is 7.56. The van der Waals surface area contributed by atoms with Gasteiger partial charge < -0.3 is 4.74 Å². The molecule has 0 aromatic heterocycles. The molecule has 0 saturated carbocycles. The molecule has 1 heterocycles. The van der Waals surface area contributed by atoms with Crippen LogP contribution in [0.5, 0.6) is 0 Å². The second-order valence-electron chi connectivity index (χ2n) is 2.69. The Hall–Kier alpha value is -0.860. The first kappa shape index (κ1) is 7.25. The highest BCUT2D eigenvalue weighted by Gasteiger charge is 2.19. The van der Waals surface area contributed by atoms with Crippen LogP contribution in [0.4, 0.5) is 0 Å². The van der Waals surface area contributed by atoms with Crippen molar-refractivity contribution in [3.63, 3.8) is 0 Å². The summed E-state index contributed by atoms with van der Waals surface area (Å²) in [4.78, 5) is 21.3. The highest BCUT2D eigenvalue weighted by molar-refractivity contribution is 5.86. The average molecular weight is 142 g/mol. The molecule has 1 unspecified atom stereocenters. The molecule has 56 valence electrons. The Labute approximate surface area is 59.4 Å². The van der Waals surface area contributed by atoms with E-state index in [0.717, 1.165) is 6.42 Å². The van der Waals surface area contributed by atoms with E-state index in [1.54, 1.807) is 0 Å². The number of hydrogen-bond donors (Lipinski definition) is 0. The van der Waals surface area contributed by atoms with Crippen LogP contribution in [0.3, 0.4) is 0 Å². The predicted molar refractivity (Wildman–Crippen MR) is 34.1 cm³/mol. The van der Waals surface area contributed by atoms with E-state index in [-0.39, 0.29) is 11.9 Å². The molecule has 0 aromatic rings. The van der Waals surface area contributed by atoms with E-state index in [1.165, 1.54) is 0 Å². The Morgan fingerprint density at radius 1 is 1.40 bits per heavy atom. The Kier molecular flexibility index (Phi) is 2.04. The summed E-state index contributed by atoms with van der Waals surface area (Å²) in [6.45, 7) is 1.94. The molecule has 0 radical (unpaired) electrons. The number of esters is 2. The fourth-order valence-corrected chi connectivity index (χ4v) is 0.970. The fourth-order valence-electron chi connectivity index (χ4n) is 0.970. The van der Waals surface area contributed by atoms with Crippen molar-refractivity contribution in [3.8, 4) is 0 Å². The molecule has 10 heavy (non-hydrogen) atoms. The van der Waals surface area contributed by atoms with Crippen molar-refractivity contribution < 1.29 is 14.3 Å². The van der Waals surface area contributed by atoms with Crippen molar-refractivity contribution in [2.24, 2.45) is 5.92 Å². The molecule has 3 nitrogen and oxygen atoms in total. The third-order valence-electron chi connectivity index (χ3n) is 1.58. The number of carbonyl (C=O) groups is 2. The molecule has 0 aromatic carbocycles. The Morgan fingerprint density at radius 2 is 2.10 bits per heavy atom. The first-order chi connectivity index (χ1) is 4.68. The van der Waals surface area contributed by atoms with Gasteiger partial charge in [-0.3, -0.25) is 9.59 Å². The van der Waals surface area contributed by atoms with Gasteiger partial charge in [-0.2, -0.15) is 0 Å². The van der Waals surface area contributed by atoms with Crippen molar-refractivity contribution in [1.82, 2.24) is 0 Å². The van der Waals surface area contributed by atoms with E-state index in [1.807, 2.05) is 6.92 Å². The number of cyclic esters (lactones) is 2. The highest BCUT2D eigenvalue weighted by atomic mass is 16.6. The van der Waals surface area contributed by atoms with Crippen molar-refractivity contribution >= 4 is 11.9 Å². The lowest BCUT2D eigenvalue weighted by Gasteiger charge is -1.99. The monoisotopic (exact) mass is 142 g/mol. The summed E-state index contributed by atoms with van der Waals surface area (Å²) in [5.74, 6) is -0.469. The number of hydrogen-bond acceptors (Lipinski definition) is 3. The van der Waals surface area contributed by atoms with Crippen LogP contribution in [0.15, 0.2) is 0 Å². The molecule has 1 rings (SSSR count). The number of rotatable bonds is 0. The van der Waals surface area contributed by atoms with Gasteiger partial charge in [-0.1, -0.05) is 6.92 Å². The molecular formula is C7H10O3. The predicted octanol–water partition coefficient (Wildman–Crippen LogP) is 0.876. The molecule has 1 aliphatic rings. The smallest absolute Gasteiger partial charge is 0.313 e. The normalized spacial score (nSPS) is 27.5. The molecule has 0 bridgehead atoms. The van der Waals surface area contributed by atoms with Crippen molar-refractivity contribution in [2.45, 2.75) is 26.2 Å². The summed E-state index contributed by atoms with van der Waals surface area (Å²) in [5.41, 5.74) is 0. The summed E-state index contributed by atoms with van der Waals surface area (Å²) < 4.78 is 4.40. The number of ether oxygens (including phenoxy) is 1. The van der Waals surface area contributed by atoms with Crippen LogP contribution in [0.2, 0.25) is 0 Å². The lowest BCUT2D eigenvalue weighted by atomic mass is 10.0. The molecule has 1 fully saturated rings. The van der Waals surface area contributed by atoms with Crippen LogP contribution >= 0.6 is 0 Å². The Balaban J connectivity index is 2.54. The van der Waals surface area contributed by atoms with Gasteiger partial charge in [0.15, 0.2) is 0 Å². The van der Waals surface area contributed by atoms with Gasteiger partial charge >= 0.3 is 11.9 Å². The first-order valence-corrected chi connectivity index (χ1v) is 3.42. The second kappa shape index (κ2) is 2.82. The maximum Gasteiger partial charge on any atom is 0.313 e.